The molecule has 3 heteroatoms. The van der Waals surface area contributed by atoms with Crippen molar-refractivity contribution in [3.05, 3.63) is 77.5 Å². The summed E-state index contributed by atoms with van der Waals surface area (Å²) < 4.78 is 3.40. The van der Waals surface area contributed by atoms with E-state index in [1.54, 1.807) is 0 Å². The fourth-order valence-electron chi connectivity index (χ4n) is 2.51. The first-order valence-corrected chi connectivity index (χ1v) is 8.12. The number of rotatable bonds is 1. The zero-order valence-corrected chi connectivity index (χ0v) is 14.0. The Bertz CT molecular complexity index is 831. The molecule has 0 radical (unpaired) electrons. The van der Waals surface area contributed by atoms with Crippen molar-refractivity contribution in [1.29, 1.82) is 0 Å². The van der Waals surface area contributed by atoms with Gasteiger partial charge in [-0.25, -0.2) is 0 Å². The molecule has 4 aromatic rings. The molecular weight excluding hydrogens is 336 g/mol. The van der Waals surface area contributed by atoms with Gasteiger partial charge in [-0.15, -0.1) is 0 Å². The van der Waals surface area contributed by atoms with Gasteiger partial charge >= 0.3 is 0 Å². The lowest BCUT2D eigenvalue weighted by Gasteiger charge is -2.01. The molecule has 2 aromatic carbocycles. The first kappa shape index (κ1) is 14.8. The van der Waals surface area contributed by atoms with Crippen LogP contribution in [0, 0.1) is 0 Å². The highest BCUT2D eigenvalue weighted by Gasteiger charge is 2.02. The molecular formula is C19H17BrN2. The number of pyridine rings is 1. The second kappa shape index (κ2) is 6.75. The van der Waals surface area contributed by atoms with E-state index in [0.717, 1.165) is 16.7 Å². The van der Waals surface area contributed by atoms with E-state index in [4.69, 9.17) is 0 Å². The molecule has 110 valence electrons. The van der Waals surface area contributed by atoms with Crippen molar-refractivity contribution in [3.8, 4) is 0 Å². The Morgan fingerprint density at radius 1 is 0.909 bits per heavy atom. The zero-order chi connectivity index (χ0) is 15.4. The van der Waals surface area contributed by atoms with Crippen LogP contribution in [-0.2, 0) is 6.54 Å². The third-order valence-electron chi connectivity index (χ3n) is 3.59. The number of aryl methyl sites for hydroxylation is 1. The summed E-state index contributed by atoms with van der Waals surface area (Å²) in [6.45, 7) is 3.16. The fraction of sp³-hybridized carbons (Fsp3) is 0.105. The van der Waals surface area contributed by atoms with Gasteiger partial charge in [-0.3, -0.25) is 4.98 Å². The number of nitrogens with zero attached hydrogens (tertiary/aromatic N) is 2. The first-order chi connectivity index (χ1) is 10.8. The topological polar surface area (TPSA) is 17.8 Å². The van der Waals surface area contributed by atoms with E-state index in [0.29, 0.717) is 0 Å². The van der Waals surface area contributed by atoms with Gasteiger partial charge in [-0.05, 0) is 47.1 Å². The van der Waals surface area contributed by atoms with E-state index >= 15 is 0 Å². The largest absolute Gasteiger partial charge is 0.336 e. The van der Waals surface area contributed by atoms with E-state index < -0.39 is 0 Å². The van der Waals surface area contributed by atoms with Crippen LogP contribution in [0.25, 0.3) is 21.8 Å². The van der Waals surface area contributed by atoms with Crippen molar-refractivity contribution in [2.45, 2.75) is 13.5 Å². The van der Waals surface area contributed by atoms with E-state index in [1.807, 2.05) is 30.5 Å². The number of halogens is 1. The van der Waals surface area contributed by atoms with Crippen molar-refractivity contribution in [1.82, 2.24) is 9.55 Å². The predicted molar refractivity (Wildman–Crippen MR) is 97.1 cm³/mol. The molecule has 0 aliphatic heterocycles. The van der Waals surface area contributed by atoms with Crippen LogP contribution in [0.3, 0.4) is 0 Å². The molecule has 0 fully saturated rings. The summed E-state index contributed by atoms with van der Waals surface area (Å²) in [6.07, 6.45) is 1.81. The molecule has 0 aliphatic carbocycles. The van der Waals surface area contributed by atoms with Gasteiger partial charge in [0.2, 0.25) is 0 Å². The third-order valence-corrected chi connectivity index (χ3v) is 4.25. The van der Waals surface area contributed by atoms with E-state index in [2.05, 4.69) is 74.9 Å². The van der Waals surface area contributed by atoms with E-state index in [9.17, 15) is 0 Å². The Labute approximate surface area is 138 Å². The summed E-state index contributed by atoms with van der Waals surface area (Å²) in [4.78, 5) is 4.18. The number of aromatic nitrogens is 2. The summed E-state index contributed by atoms with van der Waals surface area (Å²) in [6, 6.07) is 22.6. The highest BCUT2D eigenvalue weighted by Crippen LogP contribution is 2.23. The molecule has 0 spiro atoms. The summed E-state index contributed by atoms with van der Waals surface area (Å²) in [7, 11) is 0. The van der Waals surface area contributed by atoms with E-state index in [1.165, 1.54) is 16.3 Å². The molecule has 0 saturated heterocycles. The monoisotopic (exact) mass is 352 g/mol. The van der Waals surface area contributed by atoms with Gasteiger partial charge in [0.25, 0.3) is 0 Å². The Kier molecular flexibility index (Phi) is 4.54. The third kappa shape index (κ3) is 3.04. The lowest BCUT2D eigenvalue weighted by molar-refractivity contribution is 0.780. The molecule has 0 amide bonds. The molecule has 2 aromatic heterocycles. The fourth-order valence-corrected chi connectivity index (χ4v) is 3.20. The number of hydrogen-bond donors (Lipinski definition) is 0. The maximum absolute atomic E-state index is 4.18. The minimum absolute atomic E-state index is 1.01. The molecule has 0 saturated carbocycles. The minimum Gasteiger partial charge on any atom is -0.336 e. The minimum atomic E-state index is 1.01. The van der Waals surface area contributed by atoms with Gasteiger partial charge in [-0.2, -0.15) is 0 Å². The Balaban J connectivity index is 0.000000133. The summed E-state index contributed by atoms with van der Waals surface area (Å²) in [5, 5.41) is 2.50. The predicted octanol–water partition coefficient (Wildman–Crippen LogP) is 5.66. The highest BCUT2D eigenvalue weighted by molar-refractivity contribution is 9.10. The summed E-state index contributed by atoms with van der Waals surface area (Å²) in [5.74, 6) is 0. The molecule has 0 N–H and O–H groups in total. The van der Waals surface area contributed by atoms with Crippen molar-refractivity contribution in [2.75, 3.05) is 0 Å². The summed E-state index contributed by atoms with van der Waals surface area (Å²) in [5.41, 5.74) is 2.36. The molecule has 2 heterocycles. The number of benzene rings is 2. The van der Waals surface area contributed by atoms with Gasteiger partial charge in [0.05, 0.1) is 10.1 Å². The number of fused-ring (bicyclic) bond motifs is 2. The van der Waals surface area contributed by atoms with Crippen molar-refractivity contribution >= 4 is 37.7 Å². The van der Waals surface area contributed by atoms with Crippen molar-refractivity contribution in [3.63, 3.8) is 0 Å². The lowest BCUT2D eigenvalue weighted by Crippen LogP contribution is -1.92. The van der Waals surface area contributed by atoms with Crippen LogP contribution >= 0.6 is 15.9 Å². The Hall–Kier alpha value is -2.13. The zero-order valence-electron chi connectivity index (χ0n) is 12.4. The van der Waals surface area contributed by atoms with Crippen LogP contribution in [-0.4, -0.2) is 9.55 Å². The van der Waals surface area contributed by atoms with E-state index in [-0.39, 0.29) is 0 Å². The van der Waals surface area contributed by atoms with Crippen LogP contribution in [0.4, 0.5) is 0 Å². The number of para-hydroxylation sites is 2. The molecule has 4 rings (SSSR count). The summed E-state index contributed by atoms with van der Waals surface area (Å²) >= 11 is 3.53. The second-order valence-corrected chi connectivity index (χ2v) is 5.78. The Morgan fingerprint density at radius 2 is 1.59 bits per heavy atom. The van der Waals surface area contributed by atoms with Gasteiger partial charge in [0.15, 0.2) is 0 Å². The maximum atomic E-state index is 4.18. The number of hydrogen-bond acceptors (Lipinski definition) is 1. The SMILES string of the molecule is CCn1c(Br)cc2ccccc21.c1ccc2ncccc2c1. The molecule has 0 atom stereocenters. The molecule has 0 unspecified atom stereocenters. The van der Waals surface area contributed by atoms with Gasteiger partial charge in [0.1, 0.15) is 0 Å². The highest BCUT2D eigenvalue weighted by atomic mass is 79.9. The quantitative estimate of drug-likeness (QED) is 0.432. The molecule has 2 nitrogen and oxygen atoms in total. The Morgan fingerprint density at radius 3 is 2.36 bits per heavy atom. The van der Waals surface area contributed by atoms with Crippen LogP contribution < -0.4 is 0 Å². The van der Waals surface area contributed by atoms with Crippen molar-refractivity contribution < 1.29 is 0 Å². The maximum Gasteiger partial charge on any atom is 0.0857 e. The van der Waals surface area contributed by atoms with Gasteiger partial charge < -0.3 is 4.57 Å². The molecule has 22 heavy (non-hydrogen) atoms. The lowest BCUT2D eigenvalue weighted by atomic mass is 10.2. The van der Waals surface area contributed by atoms with Crippen LogP contribution in [0.1, 0.15) is 6.92 Å². The average molecular weight is 353 g/mol. The van der Waals surface area contributed by atoms with Gasteiger partial charge in [0, 0.05) is 29.0 Å². The van der Waals surface area contributed by atoms with Crippen LogP contribution in [0.5, 0.6) is 0 Å². The second-order valence-electron chi connectivity index (χ2n) is 4.97. The van der Waals surface area contributed by atoms with Crippen LogP contribution in [0.2, 0.25) is 0 Å². The standard InChI is InChI=1S/C10H10BrN.C9H7N/c1-2-12-9-6-4-3-5-8(9)7-10(12)11;1-2-6-9-8(4-1)5-3-7-10-9/h3-7H,2H2,1H3;1-7H. The van der Waals surface area contributed by atoms with Gasteiger partial charge in [-0.1, -0.05) is 42.5 Å². The molecule has 0 aliphatic rings. The van der Waals surface area contributed by atoms with Crippen LogP contribution in [0.15, 0.2) is 77.5 Å². The normalized spacial score (nSPS) is 10.5. The first-order valence-electron chi connectivity index (χ1n) is 7.33. The smallest absolute Gasteiger partial charge is 0.0857 e. The molecule has 0 bridgehead atoms. The average Bonchev–Trinajstić information content (AvgIpc) is 2.90. The van der Waals surface area contributed by atoms with Crippen molar-refractivity contribution in [2.24, 2.45) is 0 Å².